The van der Waals surface area contributed by atoms with Crippen molar-refractivity contribution in [2.45, 2.75) is 20.3 Å². The second-order valence-corrected chi connectivity index (χ2v) is 4.64. The lowest BCUT2D eigenvalue weighted by molar-refractivity contribution is 1.23. The van der Waals surface area contributed by atoms with E-state index in [0.717, 1.165) is 12.4 Å². The third kappa shape index (κ3) is 4.05. The van der Waals surface area contributed by atoms with Gasteiger partial charge in [-0.25, -0.2) is 4.98 Å². The van der Waals surface area contributed by atoms with Gasteiger partial charge < -0.3 is 22.0 Å². The first-order valence-electron chi connectivity index (χ1n) is 6.77. The number of aromatic nitrogens is 1. The topological polar surface area (TPSA) is 134 Å². The molecule has 0 aliphatic rings. The molecule has 1 aromatic rings. The van der Waals surface area contributed by atoms with Crippen LogP contribution in [0.5, 0.6) is 0 Å². The molecule has 1 heterocycles. The van der Waals surface area contributed by atoms with Crippen molar-refractivity contribution in [2.24, 2.45) is 0 Å². The van der Waals surface area contributed by atoms with E-state index in [0.29, 0.717) is 40.4 Å². The smallest absolute Gasteiger partial charge is 0.124 e. The maximum atomic E-state index is 8.30. The minimum absolute atomic E-state index is 0.104. The van der Waals surface area contributed by atoms with Crippen molar-refractivity contribution in [3.63, 3.8) is 0 Å². The number of nitrogens with one attached hydrogen (secondary N) is 4. The van der Waals surface area contributed by atoms with Crippen molar-refractivity contribution in [3.8, 4) is 0 Å². The van der Waals surface area contributed by atoms with Crippen molar-refractivity contribution < 1.29 is 0 Å². The summed E-state index contributed by atoms with van der Waals surface area (Å²) in [5.41, 5.74) is 7.93. The van der Waals surface area contributed by atoms with Crippen LogP contribution in [-0.4, -0.2) is 28.8 Å². The number of rotatable bonds is 7. The molecule has 0 saturated heterocycles. The maximum Gasteiger partial charge on any atom is 0.124 e. The highest BCUT2D eigenvalue weighted by molar-refractivity contribution is 6.28. The van der Waals surface area contributed by atoms with Crippen molar-refractivity contribution in [1.82, 2.24) is 4.98 Å². The summed E-state index contributed by atoms with van der Waals surface area (Å²) in [6.07, 6.45) is 4.27. The van der Waals surface area contributed by atoms with E-state index in [-0.39, 0.29) is 5.71 Å². The lowest BCUT2D eigenvalue weighted by atomic mass is 9.96. The minimum atomic E-state index is 0.104. The Balaban J connectivity index is 3.39. The highest BCUT2D eigenvalue weighted by Gasteiger charge is 2.14. The maximum absolute atomic E-state index is 8.30. The number of nitrogens with zero attached hydrogens (tertiary/aromatic N) is 1. The van der Waals surface area contributed by atoms with Gasteiger partial charge in [0.1, 0.15) is 5.82 Å². The van der Waals surface area contributed by atoms with Crippen molar-refractivity contribution in [1.29, 1.82) is 21.6 Å². The normalized spacial score (nSPS) is 10.7. The number of anilines is 1. The number of allylic oxidation sites excluding steroid dienone is 4. The van der Waals surface area contributed by atoms with Crippen LogP contribution in [0.3, 0.4) is 0 Å². The number of hydrogen-bond acceptors (Lipinski definition) is 6. The van der Waals surface area contributed by atoms with Crippen LogP contribution in [0.25, 0.3) is 0 Å². The zero-order valence-corrected chi connectivity index (χ0v) is 12.7. The van der Waals surface area contributed by atoms with Crippen LogP contribution in [0, 0.1) is 21.6 Å². The highest BCUT2D eigenvalue weighted by Crippen LogP contribution is 2.14. The SMILES string of the molecule is CCC(=N)/C(=C\C(C)=C(C=N)C=N)C(=N)c1cccc(N)n1. The Kier molecular flexibility index (Phi) is 6.07. The Morgan fingerprint density at radius 2 is 1.86 bits per heavy atom. The summed E-state index contributed by atoms with van der Waals surface area (Å²) in [6, 6.07) is 5.02. The molecule has 0 spiro atoms. The summed E-state index contributed by atoms with van der Waals surface area (Å²) in [7, 11) is 0. The van der Waals surface area contributed by atoms with E-state index in [1.54, 1.807) is 31.2 Å². The standard InChI is InChI=1S/C16H20N6/c1-3-13(19)12(7-10(2)11(8-17)9-18)16(21)14-5-4-6-15(20)22-14/h4-9,17-19,21H,3H2,1-2H3,(H2,20,22)/b11-10?,12-7+,17-8?,18-9?,19-13?,21-16?. The van der Waals surface area contributed by atoms with E-state index in [9.17, 15) is 0 Å². The Bertz CT molecular complexity index is 672. The second-order valence-electron chi connectivity index (χ2n) is 4.64. The van der Waals surface area contributed by atoms with Gasteiger partial charge in [0.25, 0.3) is 0 Å². The van der Waals surface area contributed by atoms with E-state index >= 15 is 0 Å². The average molecular weight is 296 g/mol. The van der Waals surface area contributed by atoms with Gasteiger partial charge in [-0.15, -0.1) is 0 Å². The molecule has 0 unspecified atom stereocenters. The third-order valence-corrected chi connectivity index (χ3v) is 3.10. The molecule has 0 radical (unpaired) electrons. The minimum Gasteiger partial charge on any atom is -0.384 e. The van der Waals surface area contributed by atoms with E-state index in [1.807, 2.05) is 6.92 Å². The molecule has 0 aliphatic carbocycles. The zero-order valence-electron chi connectivity index (χ0n) is 12.7. The Morgan fingerprint density at radius 1 is 1.23 bits per heavy atom. The van der Waals surface area contributed by atoms with Gasteiger partial charge in [0.15, 0.2) is 0 Å². The van der Waals surface area contributed by atoms with E-state index < -0.39 is 0 Å². The summed E-state index contributed by atoms with van der Waals surface area (Å²) in [5.74, 6) is 0.316. The molecule has 6 N–H and O–H groups in total. The molecular weight excluding hydrogens is 276 g/mol. The summed E-state index contributed by atoms with van der Waals surface area (Å²) in [6.45, 7) is 3.58. The lowest BCUT2D eigenvalue weighted by Crippen LogP contribution is -2.14. The molecular formula is C16H20N6. The number of nitrogen functional groups attached to an aromatic ring is 1. The van der Waals surface area contributed by atoms with Crippen LogP contribution in [-0.2, 0) is 0 Å². The molecule has 0 saturated carbocycles. The number of hydrogen-bond donors (Lipinski definition) is 5. The van der Waals surface area contributed by atoms with Gasteiger partial charge in [-0.3, -0.25) is 5.41 Å². The summed E-state index contributed by atoms with van der Waals surface area (Å²) < 4.78 is 0. The first kappa shape index (κ1) is 17.2. The monoisotopic (exact) mass is 296 g/mol. The number of pyridine rings is 1. The molecule has 1 rings (SSSR count). The first-order chi connectivity index (χ1) is 10.4. The van der Waals surface area contributed by atoms with E-state index in [4.69, 9.17) is 27.4 Å². The van der Waals surface area contributed by atoms with Gasteiger partial charge in [0, 0.05) is 29.3 Å². The van der Waals surface area contributed by atoms with Crippen LogP contribution in [0.15, 0.2) is 41.0 Å². The molecule has 114 valence electrons. The fourth-order valence-corrected chi connectivity index (χ4v) is 1.80. The largest absolute Gasteiger partial charge is 0.384 e. The fraction of sp³-hybridized carbons (Fsp3) is 0.188. The van der Waals surface area contributed by atoms with Crippen LogP contribution >= 0.6 is 0 Å². The van der Waals surface area contributed by atoms with Crippen LogP contribution < -0.4 is 5.73 Å². The molecule has 0 fully saturated rings. The van der Waals surface area contributed by atoms with Gasteiger partial charge in [-0.2, -0.15) is 0 Å². The number of nitrogens with two attached hydrogens (primary N) is 1. The average Bonchev–Trinajstić information content (AvgIpc) is 2.52. The molecule has 0 aromatic carbocycles. The van der Waals surface area contributed by atoms with Gasteiger partial charge in [0.2, 0.25) is 0 Å². The van der Waals surface area contributed by atoms with Crippen LogP contribution in [0.1, 0.15) is 26.0 Å². The predicted octanol–water partition coefficient (Wildman–Crippen LogP) is 3.00. The molecule has 22 heavy (non-hydrogen) atoms. The molecule has 0 bridgehead atoms. The molecule has 6 heteroatoms. The highest BCUT2D eigenvalue weighted by atomic mass is 14.8. The third-order valence-electron chi connectivity index (χ3n) is 3.10. The fourth-order valence-electron chi connectivity index (χ4n) is 1.80. The molecule has 0 amide bonds. The summed E-state index contributed by atoms with van der Waals surface area (Å²) >= 11 is 0. The van der Waals surface area contributed by atoms with Gasteiger partial charge in [-0.05, 0) is 37.1 Å². The van der Waals surface area contributed by atoms with Crippen LogP contribution in [0.4, 0.5) is 5.82 Å². The van der Waals surface area contributed by atoms with Crippen molar-refractivity contribution >= 4 is 29.7 Å². The predicted molar refractivity (Wildman–Crippen MR) is 91.8 cm³/mol. The van der Waals surface area contributed by atoms with Gasteiger partial charge in [-0.1, -0.05) is 13.0 Å². The zero-order chi connectivity index (χ0) is 16.7. The molecule has 0 aliphatic heterocycles. The lowest BCUT2D eigenvalue weighted by Gasteiger charge is -2.11. The summed E-state index contributed by atoms with van der Waals surface area (Å²) in [4.78, 5) is 4.11. The van der Waals surface area contributed by atoms with Crippen molar-refractivity contribution in [3.05, 3.63) is 46.7 Å². The Hall–Kier alpha value is -2.89. The van der Waals surface area contributed by atoms with Crippen LogP contribution in [0.2, 0.25) is 0 Å². The summed E-state index contributed by atoms with van der Waals surface area (Å²) in [5, 5.41) is 30.9. The van der Waals surface area contributed by atoms with Crippen molar-refractivity contribution in [2.75, 3.05) is 5.73 Å². The Labute approximate surface area is 129 Å². The molecule has 0 atom stereocenters. The quantitative estimate of drug-likeness (QED) is 0.390. The van der Waals surface area contributed by atoms with E-state index in [2.05, 4.69) is 4.98 Å². The molecule has 6 nitrogen and oxygen atoms in total. The van der Waals surface area contributed by atoms with Gasteiger partial charge >= 0.3 is 0 Å². The first-order valence-corrected chi connectivity index (χ1v) is 6.77. The van der Waals surface area contributed by atoms with Gasteiger partial charge in [0.05, 0.1) is 11.4 Å². The Morgan fingerprint density at radius 3 is 2.36 bits per heavy atom. The second kappa shape index (κ2) is 7.78. The van der Waals surface area contributed by atoms with E-state index in [1.165, 1.54) is 0 Å². The molecule has 1 aromatic heterocycles.